The van der Waals surface area contributed by atoms with Crippen molar-refractivity contribution in [1.82, 2.24) is 9.97 Å². The molecule has 0 spiro atoms. The summed E-state index contributed by atoms with van der Waals surface area (Å²) in [4.78, 5) is 8.81. The SMILES string of the molecule is [2H]C([2H])([2H])C([2H])(c1cc(-c2cccc3c2oc2nc(C)ccc23)ncc1C)C([2H])([2H])[2H]. The molecule has 1 aromatic carbocycles. The molecule has 0 unspecified atom stereocenters. The lowest BCUT2D eigenvalue weighted by molar-refractivity contribution is 0.653. The summed E-state index contributed by atoms with van der Waals surface area (Å²) in [7, 11) is 0. The number of pyridine rings is 2. The predicted octanol–water partition coefficient (Wildman–Crippen LogP) is 5.78. The van der Waals surface area contributed by atoms with Crippen LogP contribution in [-0.4, -0.2) is 9.97 Å². The minimum absolute atomic E-state index is 0.111. The molecule has 24 heavy (non-hydrogen) atoms. The molecule has 0 aliphatic heterocycles. The fourth-order valence-corrected chi connectivity index (χ4v) is 2.91. The number of nitrogens with zero attached hydrogens (tertiary/aromatic N) is 2. The fourth-order valence-electron chi connectivity index (χ4n) is 2.91. The Morgan fingerprint density at radius 1 is 1.12 bits per heavy atom. The summed E-state index contributed by atoms with van der Waals surface area (Å²) >= 11 is 0. The molecule has 0 radical (unpaired) electrons. The summed E-state index contributed by atoms with van der Waals surface area (Å²) in [6, 6.07) is 10.6. The van der Waals surface area contributed by atoms with Gasteiger partial charge in [-0.3, -0.25) is 4.98 Å². The standard InChI is InChI=1S/C21H20N2O/c1-12(2)18-10-19(22-11-13(18)3)17-7-5-6-15-16-9-8-14(4)23-21(16)24-20(15)17/h5-12H,1-4H3/i1D3,2D3,12D. The van der Waals surface area contributed by atoms with Gasteiger partial charge in [-0.2, -0.15) is 0 Å². The van der Waals surface area contributed by atoms with E-state index in [-0.39, 0.29) is 5.56 Å². The van der Waals surface area contributed by atoms with E-state index in [9.17, 15) is 0 Å². The van der Waals surface area contributed by atoms with Crippen LogP contribution in [0.1, 0.15) is 46.0 Å². The molecule has 3 heteroatoms. The van der Waals surface area contributed by atoms with Gasteiger partial charge in [-0.05, 0) is 55.1 Å². The van der Waals surface area contributed by atoms with Crippen LogP contribution in [-0.2, 0) is 0 Å². The van der Waals surface area contributed by atoms with E-state index >= 15 is 0 Å². The number of furan rings is 1. The van der Waals surface area contributed by atoms with E-state index in [4.69, 9.17) is 14.0 Å². The Kier molecular flexibility index (Phi) is 2.04. The Bertz CT molecular complexity index is 1290. The highest BCUT2D eigenvalue weighted by Crippen LogP contribution is 2.35. The molecule has 120 valence electrons. The molecule has 0 aliphatic carbocycles. The number of fused-ring (bicyclic) bond motifs is 3. The first kappa shape index (κ1) is 8.97. The highest BCUT2D eigenvalue weighted by molar-refractivity contribution is 6.08. The van der Waals surface area contributed by atoms with E-state index in [0.717, 1.165) is 16.5 Å². The second-order valence-electron chi connectivity index (χ2n) is 5.85. The number of aryl methyl sites for hydroxylation is 2. The van der Waals surface area contributed by atoms with Crippen LogP contribution in [0, 0.1) is 13.8 Å². The number of aromatic nitrogens is 2. The van der Waals surface area contributed by atoms with Gasteiger partial charge in [0.05, 0.1) is 5.69 Å². The molecular weight excluding hydrogens is 296 g/mol. The topological polar surface area (TPSA) is 38.9 Å². The third-order valence-electron chi connectivity index (χ3n) is 4.15. The molecule has 3 aromatic heterocycles. The Morgan fingerprint density at radius 3 is 2.83 bits per heavy atom. The smallest absolute Gasteiger partial charge is 0.227 e. The molecule has 3 heterocycles. The molecule has 0 N–H and O–H groups in total. The number of rotatable bonds is 2. The molecule has 0 atom stereocenters. The van der Waals surface area contributed by atoms with E-state index in [1.807, 2.05) is 31.2 Å². The van der Waals surface area contributed by atoms with E-state index < -0.39 is 19.6 Å². The van der Waals surface area contributed by atoms with Gasteiger partial charge in [0.2, 0.25) is 5.71 Å². The summed E-state index contributed by atoms with van der Waals surface area (Å²) < 4.78 is 61.4. The Morgan fingerprint density at radius 2 is 2.00 bits per heavy atom. The second kappa shape index (κ2) is 5.45. The van der Waals surface area contributed by atoms with Gasteiger partial charge in [0.25, 0.3) is 0 Å². The van der Waals surface area contributed by atoms with E-state index in [2.05, 4.69) is 9.97 Å². The first-order chi connectivity index (χ1) is 14.3. The summed E-state index contributed by atoms with van der Waals surface area (Å²) in [5.74, 6) is -2.80. The average molecular weight is 323 g/mol. The summed E-state index contributed by atoms with van der Waals surface area (Å²) in [6.45, 7) is -2.73. The Labute approximate surface area is 151 Å². The van der Waals surface area contributed by atoms with Crippen molar-refractivity contribution < 1.29 is 14.0 Å². The van der Waals surface area contributed by atoms with Crippen molar-refractivity contribution in [3.63, 3.8) is 0 Å². The van der Waals surface area contributed by atoms with E-state index in [1.54, 1.807) is 13.0 Å². The van der Waals surface area contributed by atoms with Gasteiger partial charge >= 0.3 is 0 Å². The van der Waals surface area contributed by atoms with Gasteiger partial charge in [-0.15, -0.1) is 0 Å². The van der Waals surface area contributed by atoms with Gasteiger partial charge in [0, 0.05) is 37.8 Å². The first-order valence-electron chi connectivity index (χ1n) is 11.1. The number of benzene rings is 1. The third-order valence-corrected chi connectivity index (χ3v) is 4.15. The van der Waals surface area contributed by atoms with Crippen LogP contribution in [0.4, 0.5) is 0 Å². The minimum atomic E-state index is -3.07. The van der Waals surface area contributed by atoms with Crippen LogP contribution in [0.3, 0.4) is 0 Å². The largest absolute Gasteiger partial charge is 0.437 e. The van der Waals surface area contributed by atoms with Gasteiger partial charge in [0.15, 0.2) is 0 Å². The zero-order chi connectivity index (χ0) is 22.8. The first-order valence-corrected chi connectivity index (χ1v) is 7.61. The van der Waals surface area contributed by atoms with Gasteiger partial charge in [-0.25, -0.2) is 4.98 Å². The molecule has 0 saturated carbocycles. The van der Waals surface area contributed by atoms with E-state index in [1.165, 1.54) is 12.3 Å². The molecule has 0 fully saturated rings. The van der Waals surface area contributed by atoms with Crippen LogP contribution >= 0.6 is 0 Å². The average Bonchev–Trinajstić information content (AvgIpc) is 3.03. The van der Waals surface area contributed by atoms with Crippen molar-refractivity contribution in [3.05, 3.63) is 59.4 Å². The van der Waals surface area contributed by atoms with Gasteiger partial charge < -0.3 is 4.42 Å². The zero-order valence-corrected chi connectivity index (χ0v) is 13.3. The van der Waals surface area contributed by atoms with Crippen molar-refractivity contribution in [3.8, 4) is 11.3 Å². The Balaban J connectivity index is 1.99. The van der Waals surface area contributed by atoms with Crippen molar-refractivity contribution in [2.45, 2.75) is 33.4 Å². The molecule has 3 nitrogen and oxygen atoms in total. The fraction of sp³-hybridized carbons (Fsp3) is 0.238. The van der Waals surface area contributed by atoms with Crippen LogP contribution in [0.25, 0.3) is 33.3 Å². The molecule has 0 aliphatic rings. The maximum absolute atomic E-state index is 8.55. The molecule has 0 amide bonds. The highest BCUT2D eigenvalue weighted by Gasteiger charge is 2.15. The molecule has 0 saturated heterocycles. The summed E-state index contributed by atoms with van der Waals surface area (Å²) in [5, 5.41) is 1.64. The molecule has 0 bridgehead atoms. The van der Waals surface area contributed by atoms with Crippen LogP contribution in [0.15, 0.2) is 47.0 Å². The van der Waals surface area contributed by atoms with Crippen molar-refractivity contribution in [1.29, 1.82) is 0 Å². The van der Waals surface area contributed by atoms with Crippen LogP contribution in [0.5, 0.6) is 0 Å². The van der Waals surface area contributed by atoms with Crippen molar-refractivity contribution >= 4 is 22.1 Å². The summed E-state index contributed by atoms with van der Waals surface area (Å²) in [6.07, 6.45) is 1.40. The lowest BCUT2D eigenvalue weighted by Gasteiger charge is -2.11. The quantitative estimate of drug-likeness (QED) is 0.469. The lowest BCUT2D eigenvalue weighted by atomic mass is 9.97. The molecule has 4 rings (SSSR count). The highest BCUT2D eigenvalue weighted by atomic mass is 16.3. The van der Waals surface area contributed by atoms with Crippen LogP contribution < -0.4 is 0 Å². The number of hydrogen-bond donors (Lipinski definition) is 0. The lowest BCUT2D eigenvalue weighted by Crippen LogP contribution is -1.95. The van der Waals surface area contributed by atoms with Crippen molar-refractivity contribution in [2.24, 2.45) is 0 Å². The number of hydrogen-bond acceptors (Lipinski definition) is 3. The van der Waals surface area contributed by atoms with Gasteiger partial charge in [0.1, 0.15) is 5.58 Å². The Hall–Kier alpha value is -2.68. The number of para-hydroxylation sites is 1. The normalized spacial score (nSPS) is 17.5. The monoisotopic (exact) mass is 323 g/mol. The van der Waals surface area contributed by atoms with Gasteiger partial charge in [-0.1, -0.05) is 25.8 Å². The van der Waals surface area contributed by atoms with Crippen molar-refractivity contribution in [2.75, 3.05) is 0 Å². The maximum atomic E-state index is 8.55. The minimum Gasteiger partial charge on any atom is -0.437 e. The maximum Gasteiger partial charge on any atom is 0.227 e. The zero-order valence-electron chi connectivity index (χ0n) is 20.3. The third kappa shape index (κ3) is 2.28. The molecule has 4 aromatic rings. The van der Waals surface area contributed by atoms with E-state index in [0.29, 0.717) is 28.1 Å². The van der Waals surface area contributed by atoms with Crippen LogP contribution in [0.2, 0.25) is 0 Å². The molecular formula is C21H20N2O. The summed E-state index contributed by atoms with van der Waals surface area (Å²) in [5.41, 5.74) is 2.88. The predicted molar refractivity (Wildman–Crippen MR) is 98.3 cm³/mol. The second-order valence-corrected chi connectivity index (χ2v) is 5.85.